The summed E-state index contributed by atoms with van der Waals surface area (Å²) in [6, 6.07) is 0. The van der Waals surface area contributed by atoms with Crippen molar-refractivity contribution < 1.29 is 0 Å². The van der Waals surface area contributed by atoms with Crippen LogP contribution in [-0.2, 0) is 0 Å². The Labute approximate surface area is 78.1 Å². The first-order valence-corrected chi connectivity index (χ1v) is 5.16. The van der Waals surface area contributed by atoms with Crippen LogP contribution in [-0.4, -0.2) is 0 Å². The second-order valence-corrected chi connectivity index (χ2v) is 4.58. The Bertz CT molecular complexity index is 122. The van der Waals surface area contributed by atoms with Crippen LogP contribution in [0, 0.1) is 11.8 Å². The molecule has 0 fully saturated rings. The molecule has 0 heterocycles. The summed E-state index contributed by atoms with van der Waals surface area (Å²) in [5, 5.41) is 0. The van der Waals surface area contributed by atoms with Crippen molar-refractivity contribution in [2.45, 2.75) is 53.4 Å². The third kappa shape index (κ3) is 7.84. The summed E-state index contributed by atoms with van der Waals surface area (Å²) in [4.78, 5) is 0. The van der Waals surface area contributed by atoms with E-state index in [0.717, 1.165) is 11.8 Å². The molecule has 0 bridgehead atoms. The molecule has 12 heavy (non-hydrogen) atoms. The monoisotopic (exact) mass is 168 g/mol. The Morgan fingerprint density at radius 1 is 1.25 bits per heavy atom. The number of allylic oxidation sites excluding steroid dienone is 1. The minimum Gasteiger partial charge on any atom is -0.100 e. The Hall–Kier alpha value is -0.260. The molecule has 72 valence electrons. The summed E-state index contributed by atoms with van der Waals surface area (Å²) in [6.07, 6.45) is 5.27. The lowest BCUT2D eigenvalue weighted by Gasteiger charge is -2.13. The fourth-order valence-corrected chi connectivity index (χ4v) is 1.67. The van der Waals surface area contributed by atoms with Crippen LogP contribution in [0.2, 0.25) is 0 Å². The molecule has 0 rings (SSSR count). The molecule has 0 aromatic rings. The molecule has 1 unspecified atom stereocenters. The Morgan fingerprint density at radius 2 is 1.83 bits per heavy atom. The average molecular weight is 168 g/mol. The van der Waals surface area contributed by atoms with E-state index in [0.29, 0.717) is 0 Å². The van der Waals surface area contributed by atoms with Crippen molar-refractivity contribution >= 4 is 0 Å². The minimum absolute atomic E-state index is 0.852. The topological polar surface area (TPSA) is 0 Å². The highest BCUT2D eigenvalue weighted by molar-refractivity contribution is 4.87. The van der Waals surface area contributed by atoms with Crippen LogP contribution in [0.5, 0.6) is 0 Å². The van der Waals surface area contributed by atoms with Crippen LogP contribution in [0.4, 0.5) is 0 Å². The Balaban J connectivity index is 3.31. The first-order valence-electron chi connectivity index (χ1n) is 5.16. The summed E-state index contributed by atoms with van der Waals surface area (Å²) in [5.74, 6) is 1.74. The smallest absolute Gasteiger partial charge is 0.0326 e. The molecule has 0 aromatic heterocycles. The molecular formula is C12H24. The van der Waals surface area contributed by atoms with Gasteiger partial charge in [0.15, 0.2) is 0 Å². The molecule has 0 aliphatic heterocycles. The van der Waals surface area contributed by atoms with Crippen molar-refractivity contribution in [1.82, 2.24) is 0 Å². The van der Waals surface area contributed by atoms with Crippen LogP contribution in [0.3, 0.4) is 0 Å². The summed E-state index contributed by atoms with van der Waals surface area (Å²) >= 11 is 0. The van der Waals surface area contributed by atoms with Crippen molar-refractivity contribution in [2.24, 2.45) is 11.8 Å². The first-order chi connectivity index (χ1) is 5.52. The van der Waals surface area contributed by atoms with Crippen molar-refractivity contribution in [2.75, 3.05) is 0 Å². The molecule has 0 heteroatoms. The molecule has 1 atom stereocenters. The number of hydrogen-bond acceptors (Lipinski definition) is 0. The van der Waals surface area contributed by atoms with Gasteiger partial charge in [-0.1, -0.05) is 32.8 Å². The molecule has 0 nitrogen and oxygen atoms in total. The lowest BCUT2D eigenvalue weighted by molar-refractivity contribution is 0.406. The van der Waals surface area contributed by atoms with E-state index in [4.69, 9.17) is 0 Å². The van der Waals surface area contributed by atoms with E-state index in [1.807, 2.05) is 0 Å². The normalized spacial score (nSPS) is 13.4. The van der Waals surface area contributed by atoms with Gasteiger partial charge in [-0.15, -0.1) is 6.58 Å². The van der Waals surface area contributed by atoms with Gasteiger partial charge in [-0.05, 0) is 38.0 Å². The molecule has 0 saturated heterocycles. The molecule has 0 saturated carbocycles. The maximum absolute atomic E-state index is 3.91. The van der Waals surface area contributed by atoms with E-state index in [1.54, 1.807) is 0 Å². The average Bonchev–Trinajstić information content (AvgIpc) is 1.84. The second-order valence-electron chi connectivity index (χ2n) is 4.58. The Morgan fingerprint density at radius 3 is 2.25 bits per heavy atom. The SMILES string of the molecule is C=C(C)CCCC(C)CC(C)C. The zero-order valence-corrected chi connectivity index (χ0v) is 9.19. The third-order valence-electron chi connectivity index (χ3n) is 2.17. The molecule has 0 radical (unpaired) electrons. The van der Waals surface area contributed by atoms with Gasteiger partial charge in [-0.2, -0.15) is 0 Å². The van der Waals surface area contributed by atoms with Crippen molar-refractivity contribution in [3.8, 4) is 0 Å². The summed E-state index contributed by atoms with van der Waals surface area (Å²) < 4.78 is 0. The second kappa shape index (κ2) is 6.28. The molecule has 0 aromatic carbocycles. The van der Waals surface area contributed by atoms with Gasteiger partial charge in [0.2, 0.25) is 0 Å². The van der Waals surface area contributed by atoms with Gasteiger partial charge >= 0.3 is 0 Å². The van der Waals surface area contributed by atoms with Gasteiger partial charge in [0, 0.05) is 0 Å². The maximum atomic E-state index is 3.91. The van der Waals surface area contributed by atoms with Crippen molar-refractivity contribution in [1.29, 1.82) is 0 Å². The highest BCUT2D eigenvalue weighted by atomic mass is 14.1. The van der Waals surface area contributed by atoms with Crippen LogP contribution in [0.25, 0.3) is 0 Å². The highest BCUT2D eigenvalue weighted by Crippen LogP contribution is 2.18. The fourth-order valence-electron chi connectivity index (χ4n) is 1.67. The molecule has 0 spiro atoms. The van der Waals surface area contributed by atoms with Crippen LogP contribution in [0.1, 0.15) is 53.4 Å². The van der Waals surface area contributed by atoms with E-state index >= 15 is 0 Å². The molecule has 0 aliphatic carbocycles. The third-order valence-corrected chi connectivity index (χ3v) is 2.17. The molecule has 0 amide bonds. The van der Waals surface area contributed by atoms with E-state index in [-0.39, 0.29) is 0 Å². The quantitative estimate of drug-likeness (QED) is 0.515. The van der Waals surface area contributed by atoms with Gasteiger partial charge in [0.05, 0.1) is 0 Å². The summed E-state index contributed by atoms with van der Waals surface area (Å²) in [7, 11) is 0. The van der Waals surface area contributed by atoms with E-state index in [9.17, 15) is 0 Å². The van der Waals surface area contributed by atoms with Crippen LogP contribution >= 0.6 is 0 Å². The van der Waals surface area contributed by atoms with Crippen molar-refractivity contribution in [3.05, 3.63) is 12.2 Å². The molecule has 0 aliphatic rings. The van der Waals surface area contributed by atoms with Crippen LogP contribution in [0.15, 0.2) is 12.2 Å². The maximum Gasteiger partial charge on any atom is -0.0326 e. The van der Waals surface area contributed by atoms with Gasteiger partial charge < -0.3 is 0 Å². The molecular weight excluding hydrogens is 144 g/mol. The number of rotatable bonds is 6. The van der Waals surface area contributed by atoms with E-state index in [1.165, 1.54) is 31.3 Å². The predicted molar refractivity (Wildman–Crippen MR) is 57.3 cm³/mol. The summed E-state index contributed by atoms with van der Waals surface area (Å²) in [5.41, 5.74) is 1.33. The van der Waals surface area contributed by atoms with Gasteiger partial charge in [-0.25, -0.2) is 0 Å². The van der Waals surface area contributed by atoms with Crippen LogP contribution < -0.4 is 0 Å². The number of hydrogen-bond donors (Lipinski definition) is 0. The van der Waals surface area contributed by atoms with E-state index in [2.05, 4.69) is 34.3 Å². The molecule has 0 N–H and O–H groups in total. The van der Waals surface area contributed by atoms with Gasteiger partial charge in [0.1, 0.15) is 0 Å². The zero-order chi connectivity index (χ0) is 9.56. The van der Waals surface area contributed by atoms with Gasteiger partial charge in [0.25, 0.3) is 0 Å². The van der Waals surface area contributed by atoms with E-state index < -0.39 is 0 Å². The fraction of sp³-hybridized carbons (Fsp3) is 0.833. The zero-order valence-electron chi connectivity index (χ0n) is 9.19. The standard InChI is InChI=1S/C12H24/c1-10(2)7-6-8-12(5)9-11(3)4/h11-12H,1,6-9H2,2-5H3. The predicted octanol–water partition coefficient (Wildman–Crippen LogP) is 4.42. The van der Waals surface area contributed by atoms with Crippen molar-refractivity contribution in [3.63, 3.8) is 0 Å². The summed E-state index contributed by atoms with van der Waals surface area (Å²) in [6.45, 7) is 13.0. The van der Waals surface area contributed by atoms with Gasteiger partial charge in [-0.3, -0.25) is 0 Å². The lowest BCUT2D eigenvalue weighted by atomic mass is 9.93. The first kappa shape index (κ1) is 11.7. The lowest BCUT2D eigenvalue weighted by Crippen LogP contribution is -1.99. The minimum atomic E-state index is 0.852. The largest absolute Gasteiger partial charge is 0.100 e. The highest BCUT2D eigenvalue weighted by Gasteiger charge is 2.04. The Kier molecular flexibility index (Phi) is 6.14.